The topological polar surface area (TPSA) is 40.5 Å². The number of fused-ring (bicyclic) bond motifs is 1. The van der Waals surface area contributed by atoms with Crippen LogP contribution >= 0.6 is 0 Å². The van der Waals surface area contributed by atoms with E-state index in [-0.39, 0.29) is 27.7 Å². The van der Waals surface area contributed by atoms with Crippen molar-refractivity contribution < 1.29 is 10.2 Å². The second-order valence-electron chi connectivity index (χ2n) is 9.01. The zero-order valence-corrected chi connectivity index (χ0v) is 14.8. The van der Waals surface area contributed by atoms with Crippen molar-refractivity contribution in [1.82, 2.24) is 0 Å². The minimum absolute atomic E-state index is 0.0255. The van der Waals surface area contributed by atoms with Crippen molar-refractivity contribution in [1.29, 1.82) is 0 Å². The molecule has 0 heterocycles. The summed E-state index contributed by atoms with van der Waals surface area (Å²) in [6.07, 6.45) is 0.802. The van der Waals surface area contributed by atoms with Crippen LogP contribution in [0, 0.1) is 11.3 Å². The van der Waals surface area contributed by atoms with Gasteiger partial charge in [0.05, 0.1) is 0 Å². The second-order valence-corrected chi connectivity index (χ2v) is 9.01. The maximum Gasteiger partial charge on any atom is 0.161 e. The standard InChI is InChI=1S/C19H30O2/c1-11-18(5,6)10-12-13(19(11,7)8)9-14(17(2,3)4)16(21)15(12)20/h9,11,20-21H,10H2,1-8H3/t11-/m1/s1. The Bertz CT molecular complexity index is 574. The van der Waals surface area contributed by atoms with Gasteiger partial charge in [-0.1, -0.05) is 61.5 Å². The van der Waals surface area contributed by atoms with E-state index in [1.54, 1.807) is 0 Å². The van der Waals surface area contributed by atoms with Gasteiger partial charge in [0.1, 0.15) is 0 Å². The highest BCUT2D eigenvalue weighted by Crippen LogP contribution is 2.55. The van der Waals surface area contributed by atoms with Gasteiger partial charge >= 0.3 is 0 Å². The van der Waals surface area contributed by atoms with E-state index in [0.717, 1.165) is 17.5 Å². The molecule has 0 spiro atoms. The SMILES string of the molecule is C[C@@H]1C(C)(C)Cc2c(cc(C(C)(C)C)c(O)c2O)C1(C)C. The van der Waals surface area contributed by atoms with Crippen LogP contribution in [-0.4, -0.2) is 10.2 Å². The zero-order valence-electron chi connectivity index (χ0n) is 14.8. The lowest BCUT2D eigenvalue weighted by atomic mass is 9.55. The average molecular weight is 290 g/mol. The van der Waals surface area contributed by atoms with Crippen molar-refractivity contribution in [3.05, 3.63) is 22.8 Å². The second kappa shape index (κ2) is 4.41. The lowest BCUT2D eigenvalue weighted by Gasteiger charge is -2.49. The fraction of sp³-hybridized carbons (Fsp3) is 0.684. The number of hydrogen-bond donors (Lipinski definition) is 2. The molecule has 2 N–H and O–H groups in total. The molecule has 1 atom stereocenters. The Morgan fingerprint density at radius 3 is 2.05 bits per heavy atom. The third kappa shape index (κ3) is 2.33. The lowest BCUT2D eigenvalue weighted by Crippen LogP contribution is -2.43. The molecule has 2 rings (SSSR count). The highest BCUT2D eigenvalue weighted by atomic mass is 16.3. The molecule has 1 aliphatic rings. The number of rotatable bonds is 0. The van der Waals surface area contributed by atoms with Crippen LogP contribution in [0.5, 0.6) is 11.5 Å². The molecule has 21 heavy (non-hydrogen) atoms. The number of hydrogen-bond acceptors (Lipinski definition) is 2. The normalized spacial score (nSPS) is 23.7. The molecule has 1 aliphatic carbocycles. The van der Waals surface area contributed by atoms with E-state index in [1.807, 2.05) is 0 Å². The molecule has 0 fully saturated rings. The van der Waals surface area contributed by atoms with Gasteiger partial charge in [-0.2, -0.15) is 0 Å². The van der Waals surface area contributed by atoms with E-state index in [0.29, 0.717) is 5.92 Å². The minimum Gasteiger partial charge on any atom is -0.504 e. The molecule has 1 aromatic rings. The van der Waals surface area contributed by atoms with E-state index in [1.165, 1.54) is 5.56 Å². The van der Waals surface area contributed by atoms with Crippen LogP contribution in [0.3, 0.4) is 0 Å². The Labute approximate surface area is 129 Å². The summed E-state index contributed by atoms with van der Waals surface area (Å²) in [7, 11) is 0. The Morgan fingerprint density at radius 2 is 1.57 bits per heavy atom. The quantitative estimate of drug-likeness (QED) is 0.668. The summed E-state index contributed by atoms with van der Waals surface area (Å²) in [6.45, 7) is 17.5. The predicted octanol–water partition coefficient (Wildman–Crippen LogP) is 4.89. The van der Waals surface area contributed by atoms with Gasteiger partial charge < -0.3 is 10.2 Å². The summed E-state index contributed by atoms with van der Waals surface area (Å²) in [5.41, 5.74) is 2.83. The number of phenolic OH excluding ortho intramolecular Hbond substituents is 2. The molecule has 0 aromatic heterocycles. The van der Waals surface area contributed by atoms with Crippen molar-refractivity contribution >= 4 is 0 Å². The number of phenols is 2. The molecule has 0 saturated heterocycles. The Hall–Kier alpha value is -1.18. The van der Waals surface area contributed by atoms with Crippen LogP contribution in [0.15, 0.2) is 6.07 Å². The summed E-state index contributed by atoms with van der Waals surface area (Å²) < 4.78 is 0. The molecule has 2 heteroatoms. The molecule has 118 valence electrons. The van der Waals surface area contributed by atoms with Crippen molar-refractivity contribution in [2.45, 2.75) is 72.6 Å². The van der Waals surface area contributed by atoms with Crippen LogP contribution in [0.1, 0.15) is 72.1 Å². The highest BCUT2D eigenvalue weighted by molar-refractivity contribution is 5.59. The summed E-state index contributed by atoms with van der Waals surface area (Å²) >= 11 is 0. The predicted molar refractivity (Wildman–Crippen MR) is 88.1 cm³/mol. The number of aromatic hydroxyl groups is 2. The summed E-state index contributed by atoms with van der Waals surface area (Å²) in [6, 6.07) is 2.12. The molecule has 0 unspecified atom stereocenters. The molecule has 0 saturated carbocycles. The lowest BCUT2D eigenvalue weighted by molar-refractivity contribution is 0.123. The van der Waals surface area contributed by atoms with Crippen molar-refractivity contribution in [3.8, 4) is 11.5 Å². The fourth-order valence-corrected chi connectivity index (χ4v) is 3.84. The van der Waals surface area contributed by atoms with Crippen molar-refractivity contribution in [2.24, 2.45) is 11.3 Å². The number of benzene rings is 1. The van der Waals surface area contributed by atoms with E-state index >= 15 is 0 Å². The molecule has 0 aliphatic heterocycles. The Morgan fingerprint density at radius 1 is 1.05 bits per heavy atom. The third-order valence-electron chi connectivity index (χ3n) is 5.77. The summed E-state index contributed by atoms with van der Waals surface area (Å²) in [5.74, 6) is 0.641. The summed E-state index contributed by atoms with van der Waals surface area (Å²) in [5, 5.41) is 21.0. The van der Waals surface area contributed by atoms with Gasteiger partial charge in [0.2, 0.25) is 0 Å². The van der Waals surface area contributed by atoms with Crippen LogP contribution in [0.2, 0.25) is 0 Å². The zero-order chi connectivity index (χ0) is 16.4. The van der Waals surface area contributed by atoms with Gasteiger partial charge in [-0.3, -0.25) is 0 Å². The van der Waals surface area contributed by atoms with Crippen molar-refractivity contribution in [3.63, 3.8) is 0 Å². The van der Waals surface area contributed by atoms with Gasteiger partial charge in [-0.05, 0) is 34.1 Å². The first kappa shape index (κ1) is 16.2. The third-order valence-corrected chi connectivity index (χ3v) is 5.77. The molecule has 2 nitrogen and oxygen atoms in total. The monoisotopic (exact) mass is 290 g/mol. The first-order valence-electron chi connectivity index (χ1n) is 7.89. The van der Waals surface area contributed by atoms with Gasteiger partial charge in [0.15, 0.2) is 11.5 Å². The Kier molecular flexibility index (Phi) is 3.40. The van der Waals surface area contributed by atoms with Crippen LogP contribution in [0.25, 0.3) is 0 Å². The van der Waals surface area contributed by atoms with E-state index in [2.05, 4.69) is 61.5 Å². The maximum absolute atomic E-state index is 10.6. The van der Waals surface area contributed by atoms with E-state index in [9.17, 15) is 10.2 Å². The van der Waals surface area contributed by atoms with Gasteiger partial charge in [-0.25, -0.2) is 0 Å². The molecule has 0 amide bonds. The van der Waals surface area contributed by atoms with Gasteiger partial charge in [-0.15, -0.1) is 0 Å². The van der Waals surface area contributed by atoms with Crippen molar-refractivity contribution in [2.75, 3.05) is 0 Å². The van der Waals surface area contributed by atoms with Gasteiger partial charge in [0.25, 0.3) is 0 Å². The summed E-state index contributed by atoms with van der Waals surface area (Å²) in [4.78, 5) is 0. The smallest absolute Gasteiger partial charge is 0.161 e. The first-order valence-corrected chi connectivity index (χ1v) is 7.89. The molecule has 0 bridgehead atoms. The minimum atomic E-state index is -0.192. The van der Waals surface area contributed by atoms with E-state index in [4.69, 9.17) is 0 Å². The molecule has 1 aromatic carbocycles. The average Bonchev–Trinajstić information content (AvgIpc) is 2.30. The van der Waals surface area contributed by atoms with Gasteiger partial charge in [0, 0.05) is 11.1 Å². The van der Waals surface area contributed by atoms with Crippen LogP contribution < -0.4 is 0 Å². The Balaban J connectivity index is 2.80. The van der Waals surface area contributed by atoms with Crippen LogP contribution in [0.4, 0.5) is 0 Å². The largest absolute Gasteiger partial charge is 0.504 e. The molecular weight excluding hydrogens is 260 g/mol. The molecular formula is C19H30O2. The first-order chi connectivity index (χ1) is 9.30. The maximum atomic E-state index is 10.6. The fourth-order valence-electron chi connectivity index (χ4n) is 3.84. The molecule has 0 radical (unpaired) electrons. The van der Waals surface area contributed by atoms with E-state index < -0.39 is 0 Å². The highest BCUT2D eigenvalue weighted by Gasteiger charge is 2.46. The van der Waals surface area contributed by atoms with Crippen LogP contribution in [-0.2, 0) is 17.3 Å².